The molecule has 1 aromatic carbocycles. The summed E-state index contributed by atoms with van der Waals surface area (Å²) in [4.78, 5) is 1.36. The summed E-state index contributed by atoms with van der Waals surface area (Å²) < 4.78 is 1.41. The molecule has 0 bridgehead atoms. The van der Waals surface area contributed by atoms with Crippen LogP contribution in [0.25, 0.3) is 10.4 Å². The zero-order chi connectivity index (χ0) is 10.8. The highest BCUT2D eigenvalue weighted by Gasteiger charge is 2.20. The van der Waals surface area contributed by atoms with Gasteiger partial charge in [0.1, 0.15) is 4.88 Å². The van der Waals surface area contributed by atoms with Crippen LogP contribution in [-0.4, -0.2) is 6.26 Å². The van der Waals surface area contributed by atoms with Gasteiger partial charge in [0.25, 0.3) is 4.21 Å². The molecule has 4 heteroatoms. The van der Waals surface area contributed by atoms with Gasteiger partial charge in [-0.2, -0.15) is 0 Å². The maximum atomic E-state index is 5.87. The third-order valence-corrected chi connectivity index (χ3v) is 6.63. The average Bonchev–Trinajstić information content (AvgIpc) is 2.61. The van der Waals surface area contributed by atoms with Crippen molar-refractivity contribution in [2.75, 3.05) is 6.26 Å². The molecular formula is C11H10ClS3+. The van der Waals surface area contributed by atoms with E-state index >= 15 is 0 Å². The third kappa shape index (κ3) is 2.36. The Kier molecular flexibility index (Phi) is 3.67. The van der Waals surface area contributed by atoms with Gasteiger partial charge >= 0.3 is 10.3 Å². The first kappa shape index (κ1) is 11.4. The van der Waals surface area contributed by atoms with Crippen LogP contribution in [0.5, 0.6) is 0 Å². The number of halogens is 1. The Hall–Kier alpha value is -0.0900. The number of hydrogen-bond donors (Lipinski definition) is 0. The Balaban J connectivity index is 2.45. The van der Waals surface area contributed by atoms with Crippen molar-refractivity contribution in [1.29, 1.82) is 0 Å². The lowest BCUT2D eigenvalue weighted by atomic mass is 10.1. The van der Waals surface area contributed by atoms with Crippen molar-refractivity contribution < 1.29 is 0 Å². The molecule has 0 N–H and O–H groups in total. The van der Waals surface area contributed by atoms with Crippen LogP contribution in [0.4, 0.5) is 0 Å². The lowest BCUT2D eigenvalue weighted by Crippen LogP contribution is -1.76. The molecule has 1 heterocycles. The molecule has 0 radical (unpaired) electrons. The summed E-state index contributed by atoms with van der Waals surface area (Å²) in [5, 5.41) is 0.793. The molecule has 0 aliphatic rings. The van der Waals surface area contributed by atoms with Gasteiger partial charge in [-0.05, 0) is 30.9 Å². The fourth-order valence-corrected chi connectivity index (χ4v) is 5.57. The lowest BCUT2D eigenvalue weighted by molar-refractivity contribution is 1.44. The molecule has 0 aliphatic carbocycles. The molecular weight excluding hydrogens is 264 g/mol. The van der Waals surface area contributed by atoms with Crippen LogP contribution in [0.3, 0.4) is 0 Å². The van der Waals surface area contributed by atoms with Crippen molar-refractivity contribution in [1.82, 2.24) is 0 Å². The molecule has 1 aromatic heterocycles. The zero-order valence-electron chi connectivity index (χ0n) is 8.41. The van der Waals surface area contributed by atoms with Crippen LogP contribution in [0.15, 0.2) is 28.5 Å². The molecule has 0 unspecified atom stereocenters. The molecule has 15 heavy (non-hydrogen) atoms. The standard InChI is InChI=1S/C11H10ClS3/c1-7-10(14-15-11(7)13-2)8-3-5-9(12)6-4-8/h3-6H,1-2H3/q+1. The van der Waals surface area contributed by atoms with Crippen molar-refractivity contribution in [2.45, 2.75) is 11.1 Å². The third-order valence-electron chi connectivity index (χ3n) is 2.14. The predicted molar refractivity (Wildman–Crippen MR) is 73.6 cm³/mol. The van der Waals surface area contributed by atoms with Crippen LogP contribution in [0.2, 0.25) is 5.02 Å². The van der Waals surface area contributed by atoms with E-state index in [9.17, 15) is 0 Å². The highest BCUT2D eigenvalue weighted by molar-refractivity contribution is 8.02. The van der Waals surface area contributed by atoms with Gasteiger partial charge in [-0.25, -0.2) is 0 Å². The second-order valence-corrected chi connectivity index (χ2v) is 6.78. The Morgan fingerprint density at radius 1 is 1.27 bits per heavy atom. The normalized spacial score (nSPS) is 10.6. The van der Waals surface area contributed by atoms with E-state index in [0.29, 0.717) is 0 Å². The summed E-state index contributed by atoms with van der Waals surface area (Å²) in [5.74, 6) is 0. The van der Waals surface area contributed by atoms with Gasteiger partial charge in [-0.15, -0.1) is 0 Å². The molecule has 0 saturated heterocycles. The zero-order valence-corrected chi connectivity index (χ0v) is 11.6. The van der Waals surface area contributed by atoms with Gasteiger partial charge in [0.2, 0.25) is 0 Å². The molecule has 0 aliphatic heterocycles. The summed E-state index contributed by atoms with van der Waals surface area (Å²) in [7, 11) is 3.68. The lowest BCUT2D eigenvalue weighted by Gasteiger charge is -1.96. The molecule has 0 fully saturated rings. The molecule has 2 aromatic rings. The highest BCUT2D eigenvalue weighted by atomic mass is 35.5. The monoisotopic (exact) mass is 273 g/mol. The van der Waals surface area contributed by atoms with Gasteiger partial charge in [0.15, 0.2) is 10.3 Å². The van der Waals surface area contributed by atoms with E-state index in [1.807, 2.05) is 44.6 Å². The van der Waals surface area contributed by atoms with Gasteiger partial charge in [-0.1, -0.05) is 35.5 Å². The van der Waals surface area contributed by atoms with E-state index in [1.165, 1.54) is 20.2 Å². The molecule has 0 amide bonds. The first-order valence-corrected chi connectivity index (χ1v) is 8.20. The SMILES string of the molecule is CSc1[s+]sc(-c2ccc(Cl)cc2)c1C. The van der Waals surface area contributed by atoms with Crippen LogP contribution in [0.1, 0.15) is 5.56 Å². The maximum absolute atomic E-state index is 5.87. The van der Waals surface area contributed by atoms with E-state index < -0.39 is 0 Å². The predicted octanol–water partition coefficient (Wildman–Crippen LogP) is 5.44. The van der Waals surface area contributed by atoms with Gasteiger partial charge < -0.3 is 0 Å². The average molecular weight is 274 g/mol. The summed E-state index contributed by atoms with van der Waals surface area (Å²) in [6.07, 6.45) is 2.12. The van der Waals surface area contributed by atoms with E-state index in [4.69, 9.17) is 11.6 Å². The second-order valence-electron chi connectivity index (χ2n) is 3.12. The van der Waals surface area contributed by atoms with Crippen molar-refractivity contribution in [2.24, 2.45) is 0 Å². The van der Waals surface area contributed by atoms with Gasteiger partial charge in [0, 0.05) is 10.6 Å². The van der Waals surface area contributed by atoms with Crippen LogP contribution in [-0.2, 0) is 0 Å². The quantitative estimate of drug-likeness (QED) is 0.399. The largest absolute Gasteiger partial charge is 0.308 e. The molecule has 2 rings (SSSR count). The minimum absolute atomic E-state index is 0.793. The van der Waals surface area contributed by atoms with E-state index in [-0.39, 0.29) is 0 Å². The number of hydrogen-bond acceptors (Lipinski definition) is 2. The van der Waals surface area contributed by atoms with Crippen molar-refractivity contribution in [3.63, 3.8) is 0 Å². The van der Waals surface area contributed by atoms with Crippen molar-refractivity contribution in [3.05, 3.63) is 34.9 Å². The molecule has 0 saturated carbocycles. The van der Waals surface area contributed by atoms with E-state index in [2.05, 4.69) is 25.3 Å². The van der Waals surface area contributed by atoms with Crippen molar-refractivity contribution in [3.8, 4) is 10.4 Å². The maximum Gasteiger partial charge on any atom is 0.308 e. The number of benzene rings is 1. The molecule has 0 nitrogen and oxygen atoms in total. The minimum atomic E-state index is 0.793. The van der Waals surface area contributed by atoms with Crippen LogP contribution < -0.4 is 0 Å². The number of rotatable bonds is 2. The Morgan fingerprint density at radius 2 is 1.93 bits per heavy atom. The number of thioether (sulfide) groups is 1. The summed E-state index contributed by atoms with van der Waals surface area (Å²) in [6, 6.07) is 8.05. The van der Waals surface area contributed by atoms with Crippen LogP contribution in [0, 0.1) is 6.92 Å². The Bertz CT molecular complexity index is 459. The van der Waals surface area contributed by atoms with Crippen molar-refractivity contribution >= 4 is 44.0 Å². The molecule has 78 valence electrons. The smallest absolute Gasteiger partial charge is 0.0843 e. The molecule has 0 spiro atoms. The van der Waals surface area contributed by atoms with E-state index in [1.54, 1.807) is 0 Å². The summed E-state index contributed by atoms with van der Waals surface area (Å²) in [5.41, 5.74) is 2.65. The second kappa shape index (κ2) is 4.83. The van der Waals surface area contributed by atoms with Gasteiger partial charge in [-0.3, -0.25) is 0 Å². The Morgan fingerprint density at radius 3 is 2.47 bits per heavy atom. The molecule has 0 atom stereocenters. The highest BCUT2D eigenvalue weighted by Crippen LogP contribution is 2.40. The summed E-state index contributed by atoms with van der Waals surface area (Å²) >= 11 is 7.69. The minimum Gasteiger partial charge on any atom is -0.0843 e. The Labute approximate surface area is 106 Å². The first-order chi connectivity index (χ1) is 7.22. The fraction of sp³-hybridized carbons (Fsp3) is 0.182. The summed E-state index contributed by atoms with van der Waals surface area (Å²) in [6.45, 7) is 2.18. The topological polar surface area (TPSA) is 0 Å². The van der Waals surface area contributed by atoms with Gasteiger partial charge in [0.05, 0.1) is 0 Å². The first-order valence-electron chi connectivity index (χ1n) is 4.45. The van der Waals surface area contributed by atoms with E-state index in [0.717, 1.165) is 5.02 Å². The fourth-order valence-electron chi connectivity index (χ4n) is 1.35. The van der Waals surface area contributed by atoms with Crippen LogP contribution >= 0.6 is 44.0 Å².